The molecule has 0 aliphatic rings. The number of H-pyrrole nitrogens is 1. The Balaban J connectivity index is 2.11. The topological polar surface area (TPSA) is 78.8 Å². The zero-order valence-electron chi connectivity index (χ0n) is 9.84. The van der Waals surface area contributed by atoms with Crippen molar-refractivity contribution in [2.75, 3.05) is 0 Å². The summed E-state index contributed by atoms with van der Waals surface area (Å²) in [5, 5.41) is 4.02. The van der Waals surface area contributed by atoms with Crippen molar-refractivity contribution in [3.05, 3.63) is 64.9 Å². The summed E-state index contributed by atoms with van der Waals surface area (Å²) in [4.78, 5) is 19.1. The Kier molecular flexibility index (Phi) is 4.10. The lowest BCUT2D eigenvalue weighted by atomic mass is 10.2. The van der Waals surface area contributed by atoms with Crippen molar-refractivity contribution in [3.63, 3.8) is 0 Å². The van der Waals surface area contributed by atoms with Gasteiger partial charge in [0.25, 0.3) is 0 Å². The average Bonchev–Trinajstić information content (AvgIpc) is 2.46. The number of amidine groups is 1. The van der Waals surface area contributed by atoms with Gasteiger partial charge in [-0.05, 0) is 18.2 Å². The molecule has 2 rings (SSSR count). The number of aromatic amines is 1. The number of carbonyl (C=O) groups excluding carboxylic acids is 1. The number of carbonyl (C=O) groups is 1. The molecule has 1 aromatic carbocycles. The molecule has 0 fully saturated rings. The molecule has 2 aromatic rings. The van der Waals surface area contributed by atoms with Crippen LogP contribution in [0.2, 0.25) is 5.02 Å². The zero-order chi connectivity index (χ0) is 13.7. The third-order valence-electron chi connectivity index (χ3n) is 2.32. The summed E-state index contributed by atoms with van der Waals surface area (Å²) in [6, 6.07) is 10.2. The fourth-order valence-corrected chi connectivity index (χ4v) is 1.61. The van der Waals surface area contributed by atoms with Crippen molar-refractivity contribution >= 4 is 23.4 Å². The summed E-state index contributed by atoms with van der Waals surface area (Å²) in [6.07, 6.45) is 3.18. The van der Waals surface area contributed by atoms with Crippen molar-refractivity contribution in [2.24, 2.45) is 10.9 Å². The number of oxime groups is 1. The smallest absolute Gasteiger partial charge is 0.371 e. The summed E-state index contributed by atoms with van der Waals surface area (Å²) >= 11 is 5.95. The molecule has 0 unspecified atom stereocenters. The molecule has 3 N–H and O–H groups in total. The van der Waals surface area contributed by atoms with E-state index in [0.29, 0.717) is 16.1 Å². The van der Waals surface area contributed by atoms with Crippen LogP contribution in [0.15, 0.2) is 53.9 Å². The number of rotatable bonds is 3. The molecule has 5 nitrogen and oxygen atoms in total. The molecule has 0 saturated carbocycles. The maximum Gasteiger partial charge on any atom is 0.371 e. The van der Waals surface area contributed by atoms with Crippen molar-refractivity contribution in [1.82, 2.24) is 0 Å². The predicted octanol–water partition coefficient (Wildman–Crippen LogP) is 1.63. The van der Waals surface area contributed by atoms with Crippen LogP contribution in [0.25, 0.3) is 0 Å². The molecule has 1 heterocycles. The van der Waals surface area contributed by atoms with Crippen LogP contribution in [-0.4, -0.2) is 11.8 Å². The Morgan fingerprint density at radius 2 is 2.05 bits per heavy atom. The van der Waals surface area contributed by atoms with Crippen LogP contribution in [0, 0.1) is 0 Å². The van der Waals surface area contributed by atoms with Crippen LogP contribution < -0.4 is 10.7 Å². The molecule has 0 aliphatic heterocycles. The van der Waals surface area contributed by atoms with Gasteiger partial charge in [0, 0.05) is 11.6 Å². The van der Waals surface area contributed by atoms with Crippen molar-refractivity contribution in [3.8, 4) is 0 Å². The first-order valence-corrected chi connectivity index (χ1v) is 5.82. The van der Waals surface area contributed by atoms with Gasteiger partial charge in [0.15, 0.2) is 18.2 Å². The molecule has 0 spiro atoms. The van der Waals surface area contributed by atoms with Gasteiger partial charge in [-0.1, -0.05) is 28.9 Å². The lowest BCUT2D eigenvalue weighted by molar-refractivity contribution is -0.378. The van der Waals surface area contributed by atoms with Gasteiger partial charge in [0.05, 0.1) is 5.02 Å². The maximum atomic E-state index is 11.6. The Morgan fingerprint density at radius 1 is 1.26 bits per heavy atom. The predicted molar refractivity (Wildman–Crippen MR) is 70.6 cm³/mol. The zero-order valence-corrected chi connectivity index (χ0v) is 10.6. The minimum atomic E-state index is -0.605. The summed E-state index contributed by atoms with van der Waals surface area (Å²) < 4.78 is 0. The van der Waals surface area contributed by atoms with Crippen molar-refractivity contribution < 1.29 is 14.6 Å². The Bertz CT molecular complexity index is 614. The molecule has 0 radical (unpaired) electrons. The quantitative estimate of drug-likeness (QED) is 0.400. The van der Waals surface area contributed by atoms with E-state index in [2.05, 4.69) is 10.1 Å². The second-order valence-electron chi connectivity index (χ2n) is 3.63. The molecule has 6 heteroatoms. The highest BCUT2D eigenvalue weighted by Crippen LogP contribution is 2.14. The molecular weight excluding hydrogens is 266 g/mol. The van der Waals surface area contributed by atoms with Gasteiger partial charge in [-0.25, -0.2) is 9.78 Å². The van der Waals surface area contributed by atoms with E-state index in [9.17, 15) is 4.79 Å². The number of nitrogens with zero attached hydrogens (tertiary/aromatic N) is 1. The van der Waals surface area contributed by atoms with Gasteiger partial charge < -0.3 is 10.6 Å². The highest BCUT2D eigenvalue weighted by molar-refractivity contribution is 6.34. The molecule has 19 heavy (non-hydrogen) atoms. The summed E-state index contributed by atoms with van der Waals surface area (Å²) in [6.45, 7) is 0. The van der Waals surface area contributed by atoms with E-state index in [0.717, 1.165) is 0 Å². The van der Waals surface area contributed by atoms with E-state index in [1.165, 1.54) is 6.20 Å². The Labute approximate surface area is 114 Å². The molecule has 0 saturated heterocycles. The van der Waals surface area contributed by atoms with E-state index in [1.54, 1.807) is 42.6 Å². The van der Waals surface area contributed by atoms with E-state index < -0.39 is 5.97 Å². The minimum absolute atomic E-state index is 0.0406. The largest absolute Gasteiger partial charge is 0.380 e. The van der Waals surface area contributed by atoms with Crippen LogP contribution in [0.3, 0.4) is 0 Å². The number of nitrogens with one attached hydrogen (secondary N) is 1. The fraction of sp³-hybridized carbons (Fsp3) is 0. The Morgan fingerprint density at radius 3 is 2.74 bits per heavy atom. The van der Waals surface area contributed by atoms with Gasteiger partial charge in [-0.15, -0.1) is 0 Å². The first-order valence-electron chi connectivity index (χ1n) is 5.44. The number of aromatic nitrogens is 1. The van der Waals surface area contributed by atoms with E-state index in [1.807, 2.05) is 0 Å². The molecule has 0 atom stereocenters. The van der Waals surface area contributed by atoms with Crippen LogP contribution >= 0.6 is 11.6 Å². The number of hydrogen-bond acceptors (Lipinski definition) is 3. The first-order chi connectivity index (χ1) is 9.18. The lowest BCUT2D eigenvalue weighted by Crippen LogP contribution is -2.16. The maximum absolute atomic E-state index is 11.6. The normalized spacial score (nSPS) is 11.1. The third-order valence-corrected chi connectivity index (χ3v) is 2.65. The van der Waals surface area contributed by atoms with E-state index in [-0.39, 0.29) is 5.84 Å². The molecule has 0 aliphatic carbocycles. The van der Waals surface area contributed by atoms with Gasteiger partial charge in [0.1, 0.15) is 5.56 Å². The highest BCUT2D eigenvalue weighted by atomic mass is 35.5. The first kappa shape index (κ1) is 13.0. The number of hydrogen-bond donors (Lipinski definition) is 1. The third kappa shape index (κ3) is 3.29. The number of nitrogens with two attached hydrogens (primary N) is 1. The molecule has 1 aromatic heterocycles. The monoisotopic (exact) mass is 276 g/mol. The van der Waals surface area contributed by atoms with Crippen LogP contribution in [0.1, 0.15) is 15.9 Å². The lowest BCUT2D eigenvalue weighted by Gasteiger charge is -2.02. The van der Waals surface area contributed by atoms with Gasteiger partial charge >= 0.3 is 5.97 Å². The van der Waals surface area contributed by atoms with Crippen LogP contribution in [0.4, 0.5) is 0 Å². The van der Waals surface area contributed by atoms with Gasteiger partial charge in [0.2, 0.25) is 0 Å². The van der Waals surface area contributed by atoms with Gasteiger partial charge in [-0.2, -0.15) is 0 Å². The van der Waals surface area contributed by atoms with Crippen LogP contribution in [0.5, 0.6) is 0 Å². The Hall–Kier alpha value is -2.40. The molecule has 0 bridgehead atoms. The SMILES string of the molecule is NC(=NOC(=O)c1ccc[nH+]c1)c1ccccc1Cl. The van der Waals surface area contributed by atoms with Crippen molar-refractivity contribution in [2.45, 2.75) is 0 Å². The molecular formula is C13H11ClN3O2+. The summed E-state index contributed by atoms with van der Waals surface area (Å²) in [5.74, 6) is -0.564. The number of halogens is 1. The van der Waals surface area contributed by atoms with Crippen molar-refractivity contribution in [1.29, 1.82) is 0 Å². The van der Waals surface area contributed by atoms with Gasteiger partial charge in [-0.3, -0.25) is 0 Å². The number of pyridine rings is 1. The summed E-state index contributed by atoms with van der Waals surface area (Å²) in [5.41, 5.74) is 6.56. The highest BCUT2D eigenvalue weighted by Gasteiger charge is 2.10. The average molecular weight is 277 g/mol. The number of benzene rings is 1. The van der Waals surface area contributed by atoms with Crippen LogP contribution in [-0.2, 0) is 4.84 Å². The molecule has 0 amide bonds. The fourth-order valence-electron chi connectivity index (χ4n) is 1.38. The molecule has 96 valence electrons. The second kappa shape index (κ2) is 5.97. The summed E-state index contributed by atoms with van der Waals surface area (Å²) in [7, 11) is 0. The standard InChI is InChI=1S/C13H10ClN3O2/c14-11-6-2-1-5-10(11)12(15)17-19-13(18)9-4-3-7-16-8-9/h1-8H,(H2,15,17)/p+1. The minimum Gasteiger partial charge on any atom is -0.380 e. The second-order valence-corrected chi connectivity index (χ2v) is 4.03. The van der Waals surface area contributed by atoms with E-state index in [4.69, 9.17) is 22.2 Å². The van der Waals surface area contributed by atoms with E-state index >= 15 is 0 Å².